The molecule has 0 aromatic carbocycles. The third kappa shape index (κ3) is 7.46. The zero-order valence-electron chi connectivity index (χ0n) is 7.22. The van der Waals surface area contributed by atoms with Crippen LogP contribution >= 0.6 is 11.8 Å². The molecule has 0 aromatic rings. The van der Waals surface area contributed by atoms with Gasteiger partial charge in [-0.2, -0.15) is 0 Å². The van der Waals surface area contributed by atoms with Crippen molar-refractivity contribution in [3.63, 3.8) is 0 Å². The molecule has 0 bridgehead atoms. The molecule has 0 saturated carbocycles. The van der Waals surface area contributed by atoms with Gasteiger partial charge in [0.15, 0.2) is 0 Å². The quantitative estimate of drug-likeness (QED) is 0.486. The van der Waals surface area contributed by atoms with E-state index in [4.69, 9.17) is 4.74 Å². The van der Waals surface area contributed by atoms with E-state index in [1.807, 2.05) is 19.9 Å². The van der Waals surface area contributed by atoms with Gasteiger partial charge in [0.2, 0.25) is 0 Å². The Kier molecular flexibility index (Phi) is 6.03. The summed E-state index contributed by atoms with van der Waals surface area (Å²) in [7, 11) is 0. The lowest BCUT2D eigenvalue weighted by atomic mass is 10.3. The molecule has 0 spiro atoms. The Morgan fingerprint density at radius 2 is 2.18 bits per heavy atom. The standard InChI is InChI=1S/C8H14O2S/c1-4-10-8(9)11-6-5-7(2)3/h5H,4,6H2,1-3H3. The summed E-state index contributed by atoms with van der Waals surface area (Å²) < 4.78 is 4.72. The first-order valence-corrected chi connectivity index (χ1v) is 4.58. The summed E-state index contributed by atoms with van der Waals surface area (Å²) >= 11 is 1.19. The number of hydrogen-bond acceptors (Lipinski definition) is 3. The first-order valence-electron chi connectivity index (χ1n) is 3.59. The maximum Gasteiger partial charge on any atom is 0.367 e. The minimum atomic E-state index is -0.190. The predicted octanol–water partition coefficient (Wildman–Crippen LogP) is 2.84. The van der Waals surface area contributed by atoms with Crippen molar-refractivity contribution in [2.75, 3.05) is 12.4 Å². The summed E-state index contributed by atoms with van der Waals surface area (Å²) in [6.07, 6.45) is 2.00. The minimum absolute atomic E-state index is 0.190. The molecule has 0 aliphatic rings. The summed E-state index contributed by atoms with van der Waals surface area (Å²) in [5.74, 6) is 0.709. The van der Waals surface area contributed by atoms with Crippen LogP contribution in [0.4, 0.5) is 4.79 Å². The van der Waals surface area contributed by atoms with Gasteiger partial charge in [-0.1, -0.05) is 11.6 Å². The van der Waals surface area contributed by atoms with Gasteiger partial charge in [-0.25, -0.2) is 4.79 Å². The molecular weight excluding hydrogens is 160 g/mol. The number of thioether (sulfide) groups is 1. The molecule has 2 nitrogen and oxygen atoms in total. The van der Waals surface area contributed by atoms with E-state index in [1.54, 1.807) is 6.92 Å². The van der Waals surface area contributed by atoms with Crippen LogP contribution in [0.5, 0.6) is 0 Å². The van der Waals surface area contributed by atoms with E-state index in [-0.39, 0.29) is 5.30 Å². The van der Waals surface area contributed by atoms with E-state index in [9.17, 15) is 4.79 Å². The summed E-state index contributed by atoms with van der Waals surface area (Å²) in [5, 5.41) is -0.190. The average Bonchev–Trinajstić information content (AvgIpc) is 1.87. The minimum Gasteiger partial charge on any atom is -0.458 e. The molecule has 0 aromatic heterocycles. The topological polar surface area (TPSA) is 26.3 Å². The number of allylic oxidation sites excluding steroid dienone is 1. The van der Waals surface area contributed by atoms with Crippen LogP contribution in [0.1, 0.15) is 20.8 Å². The zero-order valence-corrected chi connectivity index (χ0v) is 8.03. The Balaban J connectivity index is 3.39. The zero-order chi connectivity index (χ0) is 8.69. The molecule has 0 atom stereocenters. The normalized spacial score (nSPS) is 9.00. The summed E-state index contributed by atoms with van der Waals surface area (Å²) in [6.45, 7) is 6.28. The highest BCUT2D eigenvalue weighted by molar-refractivity contribution is 8.13. The van der Waals surface area contributed by atoms with E-state index in [2.05, 4.69) is 0 Å². The highest BCUT2D eigenvalue weighted by atomic mass is 32.2. The van der Waals surface area contributed by atoms with E-state index >= 15 is 0 Å². The van der Waals surface area contributed by atoms with Gasteiger partial charge < -0.3 is 4.74 Å². The van der Waals surface area contributed by atoms with Crippen molar-refractivity contribution in [1.29, 1.82) is 0 Å². The smallest absolute Gasteiger partial charge is 0.367 e. The fourth-order valence-corrected chi connectivity index (χ4v) is 1.19. The first-order chi connectivity index (χ1) is 5.16. The number of hydrogen-bond donors (Lipinski definition) is 0. The van der Waals surface area contributed by atoms with E-state index in [1.165, 1.54) is 17.3 Å². The molecule has 0 aliphatic heterocycles. The highest BCUT2D eigenvalue weighted by Gasteiger charge is 1.98. The second-order valence-corrected chi connectivity index (χ2v) is 3.23. The lowest BCUT2D eigenvalue weighted by Crippen LogP contribution is -1.96. The van der Waals surface area contributed by atoms with Gasteiger partial charge in [0.25, 0.3) is 0 Å². The molecule has 0 fully saturated rings. The summed E-state index contributed by atoms with van der Waals surface area (Å²) in [6, 6.07) is 0. The van der Waals surface area contributed by atoms with Crippen LogP contribution in [0, 0.1) is 0 Å². The third-order valence-corrected chi connectivity index (χ3v) is 1.64. The van der Waals surface area contributed by atoms with Crippen LogP contribution in [0.15, 0.2) is 11.6 Å². The van der Waals surface area contributed by atoms with Crippen LogP contribution in [-0.4, -0.2) is 17.7 Å². The molecule has 0 amide bonds. The first kappa shape index (κ1) is 10.6. The Hall–Kier alpha value is -0.440. The van der Waals surface area contributed by atoms with Gasteiger partial charge in [-0.15, -0.1) is 0 Å². The van der Waals surface area contributed by atoms with Gasteiger partial charge in [0.1, 0.15) is 0 Å². The molecule has 3 heteroatoms. The van der Waals surface area contributed by atoms with Gasteiger partial charge in [0, 0.05) is 5.75 Å². The van der Waals surface area contributed by atoms with Crippen LogP contribution < -0.4 is 0 Å². The largest absolute Gasteiger partial charge is 0.458 e. The van der Waals surface area contributed by atoms with Crippen LogP contribution in [0.3, 0.4) is 0 Å². The van der Waals surface area contributed by atoms with Crippen LogP contribution in [-0.2, 0) is 4.74 Å². The third-order valence-electron chi connectivity index (χ3n) is 0.955. The molecule has 0 radical (unpaired) electrons. The van der Waals surface area contributed by atoms with E-state index in [0.717, 1.165) is 0 Å². The molecule has 0 N–H and O–H groups in total. The number of rotatable bonds is 3. The molecule has 0 unspecified atom stereocenters. The molecule has 64 valence electrons. The maximum atomic E-state index is 10.7. The van der Waals surface area contributed by atoms with Crippen molar-refractivity contribution in [1.82, 2.24) is 0 Å². The molecule has 0 saturated heterocycles. The Bertz CT molecular complexity index is 148. The van der Waals surface area contributed by atoms with Crippen molar-refractivity contribution in [2.45, 2.75) is 20.8 Å². The van der Waals surface area contributed by atoms with Crippen molar-refractivity contribution in [3.8, 4) is 0 Å². The van der Waals surface area contributed by atoms with Crippen LogP contribution in [0.25, 0.3) is 0 Å². The van der Waals surface area contributed by atoms with Gasteiger partial charge >= 0.3 is 5.30 Å². The lowest BCUT2D eigenvalue weighted by molar-refractivity contribution is 0.181. The van der Waals surface area contributed by atoms with Gasteiger partial charge in [0.05, 0.1) is 6.61 Å². The predicted molar refractivity (Wildman–Crippen MR) is 48.9 cm³/mol. The van der Waals surface area contributed by atoms with Crippen molar-refractivity contribution >= 4 is 17.1 Å². The van der Waals surface area contributed by atoms with Crippen LogP contribution in [0.2, 0.25) is 0 Å². The van der Waals surface area contributed by atoms with Gasteiger partial charge in [-0.05, 0) is 32.5 Å². The average molecular weight is 174 g/mol. The van der Waals surface area contributed by atoms with E-state index < -0.39 is 0 Å². The SMILES string of the molecule is CCOC(=O)SCC=C(C)C. The monoisotopic (exact) mass is 174 g/mol. The molecule has 0 rings (SSSR count). The summed E-state index contributed by atoms with van der Waals surface area (Å²) in [4.78, 5) is 10.7. The fourth-order valence-electron chi connectivity index (χ4n) is 0.436. The van der Waals surface area contributed by atoms with Crippen molar-refractivity contribution < 1.29 is 9.53 Å². The summed E-state index contributed by atoms with van der Waals surface area (Å²) in [5.41, 5.74) is 1.22. The molecule has 0 heterocycles. The van der Waals surface area contributed by atoms with Crippen molar-refractivity contribution in [3.05, 3.63) is 11.6 Å². The second-order valence-electron chi connectivity index (χ2n) is 2.28. The molecule has 11 heavy (non-hydrogen) atoms. The number of carbonyl (C=O) groups excluding carboxylic acids is 1. The Morgan fingerprint density at radius 1 is 1.55 bits per heavy atom. The Labute approximate surface area is 72.0 Å². The molecular formula is C8H14O2S. The molecule has 0 aliphatic carbocycles. The van der Waals surface area contributed by atoms with Gasteiger partial charge in [-0.3, -0.25) is 0 Å². The van der Waals surface area contributed by atoms with E-state index in [0.29, 0.717) is 12.4 Å². The number of carbonyl (C=O) groups is 1. The maximum absolute atomic E-state index is 10.7. The second kappa shape index (κ2) is 6.28. The lowest BCUT2D eigenvalue weighted by Gasteiger charge is -1.97. The fraction of sp³-hybridized carbons (Fsp3) is 0.625. The Morgan fingerprint density at radius 3 is 2.64 bits per heavy atom. The highest BCUT2D eigenvalue weighted by Crippen LogP contribution is 2.06. The number of ether oxygens (including phenoxy) is 1. The van der Waals surface area contributed by atoms with Crippen molar-refractivity contribution in [2.24, 2.45) is 0 Å².